The van der Waals surface area contributed by atoms with Gasteiger partial charge in [-0.3, -0.25) is 4.99 Å². The van der Waals surface area contributed by atoms with Crippen LogP contribution in [0.1, 0.15) is 20.8 Å². The van der Waals surface area contributed by atoms with Crippen molar-refractivity contribution in [2.24, 2.45) is 16.6 Å². The molecule has 0 aliphatic heterocycles. The molecule has 5 heteroatoms. The molecule has 0 aliphatic carbocycles. The Morgan fingerprint density at radius 2 is 2.00 bits per heavy atom. The van der Waals surface area contributed by atoms with Gasteiger partial charge in [0.2, 0.25) is 0 Å². The molecule has 3 N–H and O–H groups in total. The first-order valence-corrected chi connectivity index (χ1v) is 5.69. The Morgan fingerprint density at radius 3 is 2.56 bits per heavy atom. The second kappa shape index (κ2) is 9.42. The molecule has 16 heavy (non-hydrogen) atoms. The average molecular weight is 231 g/mol. The highest BCUT2D eigenvalue weighted by atomic mass is 16.5. The van der Waals surface area contributed by atoms with Crippen LogP contribution in [-0.4, -0.2) is 45.5 Å². The number of hydrogen-bond donors (Lipinski definition) is 2. The zero-order valence-corrected chi connectivity index (χ0v) is 10.8. The Hall–Kier alpha value is -0.810. The van der Waals surface area contributed by atoms with Crippen molar-refractivity contribution in [3.63, 3.8) is 0 Å². The summed E-state index contributed by atoms with van der Waals surface area (Å²) < 4.78 is 10.4. The van der Waals surface area contributed by atoms with Crippen molar-refractivity contribution in [1.29, 1.82) is 0 Å². The molecule has 0 amide bonds. The lowest BCUT2D eigenvalue weighted by molar-refractivity contribution is 0.117. The quantitative estimate of drug-likeness (QED) is 0.364. The molecule has 1 unspecified atom stereocenters. The number of ether oxygens (including phenoxy) is 2. The van der Waals surface area contributed by atoms with E-state index in [0.717, 1.165) is 6.61 Å². The van der Waals surface area contributed by atoms with Gasteiger partial charge in [0.15, 0.2) is 5.96 Å². The van der Waals surface area contributed by atoms with Crippen molar-refractivity contribution in [1.82, 2.24) is 5.32 Å². The van der Waals surface area contributed by atoms with E-state index in [2.05, 4.69) is 24.2 Å². The summed E-state index contributed by atoms with van der Waals surface area (Å²) in [5.74, 6) is 0.999. The van der Waals surface area contributed by atoms with Gasteiger partial charge in [-0.05, 0) is 12.8 Å². The molecule has 0 heterocycles. The van der Waals surface area contributed by atoms with Crippen molar-refractivity contribution < 1.29 is 9.47 Å². The smallest absolute Gasteiger partial charge is 0.188 e. The molecule has 0 spiro atoms. The maximum absolute atomic E-state index is 5.67. The molecule has 0 radical (unpaired) electrons. The summed E-state index contributed by atoms with van der Waals surface area (Å²) in [5, 5.41) is 3.03. The molecule has 1 atom stereocenters. The van der Waals surface area contributed by atoms with Crippen molar-refractivity contribution >= 4 is 5.96 Å². The molecule has 0 saturated heterocycles. The fourth-order valence-electron chi connectivity index (χ4n) is 1.14. The number of nitrogens with one attached hydrogen (secondary N) is 1. The molecule has 0 fully saturated rings. The number of nitrogens with zero attached hydrogens (tertiary/aromatic N) is 1. The Labute approximate surface area is 98.4 Å². The van der Waals surface area contributed by atoms with E-state index < -0.39 is 0 Å². The summed E-state index contributed by atoms with van der Waals surface area (Å²) in [5.41, 5.74) is 5.67. The highest BCUT2D eigenvalue weighted by Crippen LogP contribution is 1.91. The Bertz CT molecular complexity index is 196. The normalized spacial score (nSPS) is 14.2. The van der Waals surface area contributed by atoms with Crippen molar-refractivity contribution in [2.45, 2.75) is 26.8 Å². The third-order valence-corrected chi connectivity index (χ3v) is 1.78. The van der Waals surface area contributed by atoms with Gasteiger partial charge in [-0.2, -0.15) is 0 Å². The van der Waals surface area contributed by atoms with E-state index in [-0.39, 0.29) is 6.04 Å². The van der Waals surface area contributed by atoms with Gasteiger partial charge in [-0.15, -0.1) is 0 Å². The number of nitrogens with two attached hydrogens (primary N) is 1. The number of rotatable bonds is 8. The molecular weight excluding hydrogens is 206 g/mol. The summed E-state index contributed by atoms with van der Waals surface area (Å²) in [7, 11) is 1.66. The molecule has 0 saturated carbocycles. The van der Waals surface area contributed by atoms with Crippen LogP contribution < -0.4 is 11.1 Å². The van der Waals surface area contributed by atoms with E-state index in [4.69, 9.17) is 15.2 Å². The first kappa shape index (κ1) is 15.2. The van der Waals surface area contributed by atoms with Gasteiger partial charge >= 0.3 is 0 Å². The second-order valence-corrected chi connectivity index (χ2v) is 4.24. The summed E-state index contributed by atoms with van der Waals surface area (Å²) in [4.78, 5) is 4.15. The van der Waals surface area contributed by atoms with E-state index in [1.54, 1.807) is 7.11 Å². The van der Waals surface area contributed by atoms with E-state index >= 15 is 0 Å². The second-order valence-electron chi connectivity index (χ2n) is 4.24. The molecule has 0 aromatic carbocycles. The van der Waals surface area contributed by atoms with Crippen molar-refractivity contribution in [3.8, 4) is 0 Å². The summed E-state index contributed by atoms with van der Waals surface area (Å²) in [6.07, 6.45) is 0. The number of guanidine groups is 1. The summed E-state index contributed by atoms with van der Waals surface area (Å²) >= 11 is 0. The molecule has 0 aliphatic rings. The SMILES string of the molecule is COCC(C)NC(N)=NCCOCC(C)C. The standard InChI is InChI=1S/C11H25N3O2/c1-9(2)7-16-6-5-13-11(12)14-10(3)8-15-4/h9-10H,5-8H2,1-4H3,(H3,12,13,14). The van der Waals surface area contributed by atoms with Gasteiger partial charge in [0.05, 0.1) is 19.8 Å². The van der Waals surface area contributed by atoms with Crippen molar-refractivity contribution in [3.05, 3.63) is 0 Å². The third-order valence-electron chi connectivity index (χ3n) is 1.78. The Kier molecular flexibility index (Phi) is 8.94. The van der Waals surface area contributed by atoms with Crippen LogP contribution in [0.25, 0.3) is 0 Å². The maximum atomic E-state index is 5.67. The molecule has 0 aromatic heterocycles. The zero-order valence-electron chi connectivity index (χ0n) is 10.8. The highest BCUT2D eigenvalue weighted by molar-refractivity contribution is 5.78. The lowest BCUT2D eigenvalue weighted by atomic mass is 10.2. The van der Waals surface area contributed by atoms with Crippen LogP contribution in [0.4, 0.5) is 0 Å². The van der Waals surface area contributed by atoms with Crippen LogP contribution in [-0.2, 0) is 9.47 Å². The monoisotopic (exact) mass is 231 g/mol. The minimum Gasteiger partial charge on any atom is -0.383 e. The highest BCUT2D eigenvalue weighted by Gasteiger charge is 2.00. The van der Waals surface area contributed by atoms with Crippen LogP contribution in [0.5, 0.6) is 0 Å². The van der Waals surface area contributed by atoms with Gasteiger partial charge in [0.25, 0.3) is 0 Å². The van der Waals surface area contributed by atoms with Gasteiger partial charge in [0, 0.05) is 19.8 Å². The molecule has 5 nitrogen and oxygen atoms in total. The van der Waals surface area contributed by atoms with Gasteiger partial charge < -0.3 is 20.5 Å². The molecule has 96 valence electrons. The molecular formula is C11H25N3O2. The van der Waals surface area contributed by atoms with Gasteiger partial charge in [-0.1, -0.05) is 13.8 Å². The van der Waals surface area contributed by atoms with Gasteiger partial charge in [-0.25, -0.2) is 0 Å². The number of methoxy groups -OCH3 is 1. The Balaban J connectivity index is 3.54. The summed E-state index contributed by atoms with van der Waals surface area (Å²) in [6.45, 7) is 8.80. The average Bonchev–Trinajstić information content (AvgIpc) is 2.16. The summed E-state index contributed by atoms with van der Waals surface area (Å²) in [6, 6.07) is 0.172. The van der Waals surface area contributed by atoms with Crippen LogP contribution in [0.2, 0.25) is 0 Å². The van der Waals surface area contributed by atoms with Crippen LogP contribution in [0, 0.1) is 5.92 Å². The predicted molar refractivity (Wildman–Crippen MR) is 66.6 cm³/mol. The number of aliphatic imine (C=N–C) groups is 1. The molecule has 0 bridgehead atoms. The van der Waals surface area contributed by atoms with E-state index in [9.17, 15) is 0 Å². The first-order chi connectivity index (χ1) is 7.56. The minimum atomic E-state index is 0.172. The van der Waals surface area contributed by atoms with Crippen LogP contribution >= 0.6 is 0 Å². The fraction of sp³-hybridized carbons (Fsp3) is 0.909. The zero-order chi connectivity index (χ0) is 12.4. The van der Waals surface area contributed by atoms with E-state index in [1.807, 2.05) is 6.92 Å². The van der Waals surface area contributed by atoms with Crippen LogP contribution in [0.15, 0.2) is 4.99 Å². The Morgan fingerprint density at radius 1 is 1.31 bits per heavy atom. The van der Waals surface area contributed by atoms with Crippen molar-refractivity contribution in [2.75, 3.05) is 33.5 Å². The topological polar surface area (TPSA) is 68.9 Å². The fourth-order valence-corrected chi connectivity index (χ4v) is 1.14. The molecule has 0 aromatic rings. The molecule has 0 rings (SSSR count). The number of hydrogen-bond acceptors (Lipinski definition) is 3. The van der Waals surface area contributed by atoms with Gasteiger partial charge in [0.1, 0.15) is 0 Å². The lowest BCUT2D eigenvalue weighted by Crippen LogP contribution is -2.40. The van der Waals surface area contributed by atoms with Crippen LogP contribution in [0.3, 0.4) is 0 Å². The lowest BCUT2D eigenvalue weighted by Gasteiger charge is -2.13. The minimum absolute atomic E-state index is 0.172. The third kappa shape index (κ3) is 9.73. The maximum Gasteiger partial charge on any atom is 0.188 e. The van der Waals surface area contributed by atoms with E-state index in [0.29, 0.717) is 31.6 Å². The first-order valence-electron chi connectivity index (χ1n) is 5.69. The largest absolute Gasteiger partial charge is 0.383 e. The predicted octanol–water partition coefficient (Wildman–Crippen LogP) is 0.598. The van der Waals surface area contributed by atoms with E-state index in [1.165, 1.54) is 0 Å².